The standard InChI is InChI=1S/C17H14N2O6/c1-24-15-5-9(6-16(25-2)17(15)21)13-8-14(20)11-7-10(19(22)23)3-4-12(11)18-13/h3-7,21H,8H2,1-2H3. The molecule has 1 aliphatic heterocycles. The lowest BCUT2D eigenvalue weighted by atomic mass is 9.95. The van der Waals surface area contributed by atoms with Crippen molar-refractivity contribution in [2.75, 3.05) is 14.2 Å². The predicted octanol–water partition coefficient (Wildman–Crippen LogP) is 3.02. The van der Waals surface area contributed by atoms with Gasteiger partial charge in [0.2, 0.25) is 5.75 Å². The zero-order chi connectivity index (χ0) is 18.1. The van der Waals surface area contributed by atoms with Crippen LogP contribution in [0.1, 0.15) is 22.3 Å². The number of hydrogen-bond donors (Lipinski definition) is 1. The monoisotopic (exact) mass is 342 g/mol. The third-order valence-electron chi connectivity index (χ3n) is 3.89. The quantitative estimate of drug-likeness (QED) is 0.675. The molecule has 0 saturated carbocycles. The molecule has 2 aromatic carbocycles. The number of phenols is 1. The molecule has 0 atom stereocenters. The summed E-state index contributed by atoms with van der Waals surface area (Å²) in [4.78, 5) is 27.1. The normalized spacial score (nSPS) is 13.0. The number of nitro groups is 1. The molecule has 8 nitrogen and oxygen atoms in total. The number of ether oxygens (including phenoxy) is 2. The largest absolute Gasteiger partial charge is 0.502 e. The van der Waals surface area contributed by atoms with Gasteiger partial charge in [0, 0.05) is 17.7 Å². The fourth-order valence-electron chi connectivity index (χ4n) is 2.62. The number of rotatable bonds is 4. The van der Waals surface area contributed by atoms with Gasteiger partial charge >= 0.3 is 0 Å². The summed E-state index contributed by atoms with van der Waals surface area (Å²) in [7, 11) is 2.81. The number of methoxy groups -OCH3 is 2. The Balaban J connectivity index is 2.11. The molecule has 1 aliphatic rings. The van der Waals surface area contributed by atoms with Gasteiger partial charge in [0.25, 0.3) is 5.69 Å². The summed E-state index contributed by atoms with van der Waals surface area (Å²) in [5, 5.41) is 20.8. The van der Waals surface area contributed by atoms with Crippen LogP contribution in [0.3, 0.4) is 0 Å². The lowest BCUT2D eigenvalue weighted by molar-refractivity contribution is -0.384. The van der Waals surface area contributed by atoms with Crippen molar-refractivity contribution in [3.63, 3.8) is 0 Å². The molecule has 3 rings (SSSR count). The number of hydrogen-bond acceptors (Lipinski definition) is 7. The van der Waals surface area contributed by atoms with Crippen LogP contribution >= 0.6 is 0 Å². The molecule has 0 unspecified atom stereocenters. The molecule has 25 heavy (non-hydrogen) atoms. The van der Waals surface area contributed by atoms with E-state index in [9.17, 15) is 20.0 Å². The molecule has 0 spiro atoms. The van der Waals surface area contributed by atoms with Crippen LogP contribution < -0.4 is 9.47 Å². The first-order chi connectivity index (χ1) is 11.9. The second-order valence-electron chi connectivity index (χ2n) is 5.35. The first-order valence-electron chi connectivity index (χ1n) is 7.29. The lowest BCUT2D eigenvalue weighted by Crippen LogP contribution is -2.15. The molecule has 0 fully saturated rings. The van der Waals surface area contributed by atoms with Crippen LogP contribution in [-0.2, 0) is 0 Å². The number of Topliss-reactive ketones (excluding diaryl/α,β-unsaturated/α-hetero) is 1. The van der Waals surface area contributed by atoms with Crippen molar-refractivity contribution in [3.8, 4) is 17.2 Å². The fraction of sp³-hybridized carbons (Fsp3) is 0.176. The highest BCUT2D eigenvalue weighted by Crippen LogP contribution is 2.39. The molecule has 1 heterocycles. The van der Waals surface area contributed by atoms with Gasteiger partial charge in [-0.1, -0.05) is 0 Å². The van der Waals surface area contributed by atoms with E-state index in [2.05, 4.69) is 4.99 Å². The molecular weight excluding hydrogens is 328 g/mol. The summed E-state index contributed by atoms with van der Waals surface area (Å²) < 4.78 is 10.2. The second kappa shape index (κ2) is 6.23. The highest BCUT2D eigenvalue weighted by molar-refractivity contribution is 6.21. The molecule has 0 aliphatic carbocycles. The molecule has 0 radical (unpaired) electrons. The Hall–Kier alpha value is -3.42. The van der Waals surface area contributed by atoms with Gasteiger partial charge < -0.3 is 14.6 Å². The van der Waals surface area contributed by atoms with Gasteiger partial charge in [-0.3, -0.25) is 19.9 Å². The Labute approximate surface area is 142 Å². The first kappa shape index (κ1) is 16.4. The Morgan fingerprint density at radius 2 is 1.80 bits per heavy atom. The van der Waals surface area contributed by atoms with Gasteiger partial charge in [0.1, 0.15) is 0 Å². The van der Waals surface area contributed by atoms with Gasteiger partial charge in [-0.05, 0) is 18.2 Å². The van der Waals surface area contributed by atoms with Crippen LogP contribution in [0.15, 0.2) is 35.3 Å². The molecule has 0 aromatic heterocycles. The molecule has 0 saturated heterocycles. The zero-order valence-electron chi connectivity index (χ0n) is 13.5. The van der Waals surface area contributed by atoms with E-state index in [4.69, 9.17) is 9.47 Å². The zero-order valence-corrected chi connectivity index (χ0v) is 13.5. The molecule has 2 aromatic rings. The molecule has 0 amide bonds. The predicted molar refractivity (Wildman–Crippen MR) is 89.5 cm³/mol. The van der Waals surface area contributed by atoms with Crippen LogP contribution in [0, 0.1) is 10.1 Å². The number of benzene rings is 2. The summed E-state index contributed by atoms with van der Waals surface area (Å²) in [6.45, 7) is 0. The number of fused-ring (bicyclic) bond motifs is 1. The maximum atomic E-state index is 12.4. The highest BCUT2D eigenvalue weighted by atomic mass is 16.6. The first-order valence-corrected chi connectivity index (χ1v) is 7.29. The summed E-state index contributed by atoms with van der Waals surface area (Å²) >= 11 is 0. The van der Waals surface area contributed by atoms with E-state index in [1.807, 2.05) is 0 Å². The van der Waals surface area contributed by atoms with Crippen molar-refractivity contribution in [2.24, 2.45) is 4.99 Å². The summed E-state index contributed by atoms with van der Waals surface area (Å²) in [6, 6.07) is 7.09. The average molecular weight is 342 g/mol. The fourth-order valence-corrected chi connectivity index (χ4v) is 2.62. The SMILES string of the molecule is COc1cc(C2=Nc3ccc([N+](=O)[O-])cc3C(=O)C2)cc(OC)c1O. The summed E-state index contributed by atoms with van der Waals surface area (Å²) in [6.07, 6.45) is -0.0226. The summed E-state index contributed by atoms with van der Waals surface area (Å²) in [5.41, 5.74) is 1.45. The van der Waals surface area contributed by atoms with E-state index >= 15 is 0 Å². The van der Waals surface area contributed by atoms with E-state index < -0.39 is 4.92 Å². The highest BCUT2D eigenvalue weighted by Gasteiger charge is 2.25. The number of carbonyl (C=O) groups is 1. The molecule has 128 valence electrons. The maximum Gasteiger partial charge on any atom is 0.270 e. The van der Waals surface area contributed by atoms with E-state index in [1.165, 1.54) is 32.4 Å². The Morgan fingerprint density at radius 1 is 1.16 bits per heavy atom. The molecule has 0 bridgehead atoms. The van der Waals surface area contributed by atoms with Gasteiger partial charge in [-0.25, -0.2) is 0 Å². The minimum absolute atomic E-state index is 0.0226. The lowest BCUT2D eigenvalue weighted by Gasteiger charge is -2.16. The number of non-ortho nitro benzene ring substituents is 1. The van der Waals surface area contributed by atoms with Gasteiger partial charge in [0.05, 0.1) is 42.5 Å². The van der Waals surface area contributed by atoms with Gasteiger partial charge in [-0.15, -0.1) is 0 Å². The Morgan fingerprint density at radius 3 is 2.36 bits per heavy atom. The number of ketones is 1. The van der Waals surface area contributed by atoms with Crippen molar-refractivity contribution in [3.05, 3.63) is 51.6 Å². The topological polar surface area (TPSA) is 111 Å². The Kier molecular flexibility index (Phi) is 4.10. The minimum atomic E-state index is -0.553. The van der Waals surface area contributed by atoms with Crippen molar-refractivity contribution in [2.45, 2.75) is 6.42 Å². The minimum Gasteiger partial charge on any atom is -0.502 e. The van der Waals surface area contributed by atoms with Crippen LogP contribution in [0.25, 0.3) is 0 Å². The van der Waals surface area contributed by atoms with E-state index in [1.54, 1.807) is 12.1 Å². The second-order valence-corrected chi connectivity index (χ2v) is 5.35. The van der Waals surface area contributed by atoms with E-state index in [0.29, 0.717) is 17.0 Å². The van der Waals surface area contributed by atoms with Crippen LogP contribution in [0.2, 0.25) is 0 Å². The van der Waals surface area contributed by atoms with Crippen LogP contribution in [-0.4, -0.2) is 35.7 Å². The smallest absolute Gasteiger partial charge is 0.270 e. The van der Waals surface area contributed by atoms with E-state index in [0.717, 1.165) is 0 Å². The number of nitro benzene ring substituents is 1. The number of carbonyl (C=O) groups excluding carboxylic acids is 1. The molecular formula is C17H14N2O6. The van der Waals surface area contributed by atoms with Crippen LogP contribution in [0.4, 0.5) is 11.4 Å². The van der Waals surface area contributed by atoms with Crippen molar-refractivity contribution in [1.82, 2.24) is 0 Å². The molecule has 1 N–H and O–H groups in total. The van der Waals surface area contributed by atoms with E-state index in [-0.39, 0.29) is 40.7 Å². The van der Waals surface area contributed by atoms with Crippen LogP contribution in [0.5, 0.6) is 17.2 Å². The van der Waals surface area contributed by atoms with Gasteiger partial charge in [-0.2, -0.15) is 0 Å². The number of phenolic OH excluding ortho intramolecular Hbond substituents is 1. The van der Waals surface area contributed by atoms with Crippen molar-refractivity contribution >= 4 is 22.9 Å². The Bertz CT molecular complexity index is 894. The third kappa shape index (κ3) is 2.89. The number of aromatic hydroxyl groups is 1. The average Bonchev–Trinajstić information content (AvgIpc) is 2.61. The number of aliphatic imine (C=N–C) groups is 1. The van der Waals surface area contributed by atoms with Crippen molar-refractivity contribution in [1.29, 1.82) is 0 Å². The van der Waals surface area contributed by atoms with Crippen molar-refractivity contribution < 1.29 is 24.3 Å². The maximum absolute atomic E-state index is 12.4. The summed E-state index contributed by atoms with van der Waals surface area (Å²) in [5.74, 6) is -0.0276. The molecule has 8 heteroatoms. The number of nitrogens with zero attached hydrogens (tertiary/aromatic N) is 2. The third-order valence-corrected chi connectivity index (χ3v) is 3.89. The van der Waals surface area contributed by atoms with Gasteiger partial charge in [0.15, 0.2) is 17.3 Å².